The average Bonchev–Trinajstić information content (AvgIpc) is 2.33. The second-order valence-electron chi connectivity index (χ2n) is 2.03. The lowest BCUT2D eigenvalue weighted by Gasteiger charge is -1.93. The van der Waals surface area contributed by atoms with E-state index >= 15 is 0 Å². The predicted molar refractivity (Wildman–Crippen MR) is 35.3 cm³/mol. The molecule has 0 aromatic rings. The average molecular weight is 123 g/mol. The lowest BCUT2D eigenvalue weighted by Crippen LogP contribution is -2.08. The molecule has 1 unspecified atom stereocenters. The van der Waals surface area contributed by atoms with Crippen LogP contribution in [0.15, 0.2) is 4.99 Å². The third kappa shape index (κ3) is 1.08. The second-order valence-corrected chi connectivity index (χ2v) is 2.03. The Morgan fingerprint density at radius 3 is 3.11 bits per heavy atom. The molecule has 1 saturated heterocycles. The van der Waals surface area contributed by atoms with E-state index in [2.05, 4.69) is 16.4 Å². The smallest absolute Gasteiger partial charge is 0.0978 e. The van der Waals surface area contributed by atoms with Crippen LogP contribution < -0.4 is 5.32 Å². The van der Waals surface area contributed by atoms with Gasteiger partial charge in [0.25, 0.3) is 0 Å². The van der Waals surface area contributed by atoms with Gasteiger partial charge in [0.1, 0.15) is 0 Å². The lowest BCUT2D eigenvalue weighted by atomic mass is 10.1. The normalized spacial score (nSPS) is 30.7. The van der Waals surface area contributed by atoms with Gasteiger partial charge in [-0.2, -0.15) is 5.26 Å². The minimum atomic E-state index is 0.0231. The summed E-state index contributed by atoms with van der Waals surface area (Å²) in [7, 11) is 1.73. The molecule has 1 N–H and O–H groups in total. The highest BCUT2D eigenvalue weighted by Gasteiger charge is 2.19. The molecule has 0 amide bonds. The molecule has 0 saturated carbocycles. The van der Waals surface area contributed by atoms with Crippen molar-refractivity contribution in [2.24, 2.45) is 10.9 Å². The zero-order valence-corrected chi connectivity index (χ0v) is 5.39. The topological polar surface area (TPSA) is 48.2 Å². The fourth-order valence-electron chi connectivity index (χ4n) is 0.941. The maximum atomic E-state index is 8.50. The molecular formula is C6H9N3. The van der Waals surface area contributed by atoms with Crippen molar-refractivity contribution in [3.05, 3.63) is 0 Å². The molecule has 1 atom stereocenters. The Hall–Kier alpha value is -0.880. The van der Waals surface area contributed by atoms with Crippen LogP contribution >= 0.6 is 0 Å². The molecule has 0 spiro atoms. The maximum absolute atomic E-state index is 8.50. The Balaban J connectivity index is 2.65. The SMILES string of the molecule is CN=C1CNCC1C#N. The van der Waals surface area contributed by atoms with Crippen LogP contribution in [0.2, 0.25) is 0 Å². The van der Waals surface area contributed by atoms with Crippen molar-refractivity contribution >= 4 is 5.71 Å². The van der Waals surface area contributed by atoms with E-state index in [0.29, 0.717) is 0 Å². The minimum Gasteiger partial charge on any atom is -0.310 e. The van der Waals surface area contributed by atoms with Crippen LogP contribution in [0.1, 0.15) is 0 Å². The molecule has 1 rings (SSSR count). The predicted octanol–water partition coefficient (Wildman–Crippen LogP) is -0.200. The van der Waals surface area contributed by atoms with E-state index in [1.54, 1.807) is 7.05 Å². The van der Waals surface area contributed by atoms with Crippen LogP contribution in [-0.4, -0.2) is 25.8 Å². The molecule has 48 valence electrons. The largest absolute Gasteiger partial charge is 0.310 e. The van der Waals surface area contributed by atoms with Gasteiger partial charge in [-0.25, -0.2) is 0 Å². The molecule has 0 aromatic carbocycles. The van der Waals surface area contributed by atoms with Crippen molar-refractivity contribution in [2.75, 3.05) is 20.1 Å². The number of nitrogens with zero attached hydrogens (tertiary/aromatic N) is 2. The van der Waals surface area contributed by atoms with Gasteiger partial charge in [0.05, 0.1) is 12.0 Å². The van der Waals surface area contributed by atoms with Crippen molar-refractivity contribution in [1.82, 2.24) is 5.32 Å². The monoisotopic (exact) mass is 123 g/mol. The molecule has 3 heteroatoms. The Morgan fingerprint density at radius 1 is 1.89 bits per heavy atom. The van der Waals surface area contributed by atoms with E-state index in [9.17, 15) is 0 Å². The van der Waals surface area contributed by atoms with Crippen molar-refractivity contribution in [2.45, 2.75) is 0 Å². The van der Waals surface area contributed by atoms with E-state index in [1.807, 2.05) is 0 Å². The van der Waals surface area contributed by atoms with Gasteiger partial charge >= 0.3 is 0 Å². The standard InChI is InChI=1S/C6H9N3/c1-8-6-4-9-3-5(6)2-7/h5,9H,3-4H2,1H3. The van der Waals surface area contributed by atoms with Gasteiger partial charge in [0.2, 0.25) is 0 Å². The van der Waals surface area contributed by atoms with Crippen molar-refractivity contribution < 1.29 is 0 Å². The summed E-state index contributed by atoms with van der Waals surface area (Å²) in [5, 5.41) is 11.6. The summed E-state index contributed by atoms with van der Waals surface area (Å²) in [4.78, 5) is 3.97. The molecule has 3 nitrogen and oxygen atoms in total. The van der Waals surface area contributed by atoms with Gasteiger partial charge in [-0.3, -0.25) is 4.99 Å². The highest BCUT2D eigenvalue weighted by molar-refractivity contribution is 5.92. The van der Waals surface area contributed by atoms with E-state index in [1.165, 1.54) is 0 Å². The third-order valence-corrected chi connectivity index (χ3v) is 1.50. The number of rotatable bonds is 0. The van der Waals surface area contributed by atoms with Gasteiger partial charge in [-0.1, -0.05) is 0 Å². The molecular weight excluding hydrogens is 114 g/mol. The summed E-state index contributed by atoms with van der Waals surface area (Å²) < 4.78 is 0. The highest BCUT2D eigenvalue weighted by Crippen LogP contribution is 2.02. The van der Waals surface area contributed by atoms with E-state index in [0.717, 1.165) is 18.8 Å². The second kappa shape index (κ2) is 2.60. The highest BCUT2D eigenvalue weighted by atomic mass is 14.9. The van der Waals surface area contributed by atoms with Gasteiger partial charge < -0.3 is 5.32 Å². The molecule has 0 aliphatic carbocycles. The number of hydrogen-bond acceptors (Lipinski definition) is 3. The van der Waals surface area contributed by atoms with Crippen LogP contribution in [0.3, 0.4) is 0 Å². The lowest BCUT2D eigenvalue weighted by molar-refractivity contribution is 0.796. The molecule has 1 aliphatic rings. The van der Waals surface area contributed by atoms with Crippen LogP contribution in [0, 0.1) is 17.2 Å². The fraction of sp³-hybridized carbons (Fsp3) is 0.667. The number of aliphatic imine (C=N–C) groups is 1. The first-order valence-corrected chi connectivity index (χ1v) is 2.94. The number of hydrogen-bond donors (Lipinski definition) is 1. The minimum absolute atomic E-state index is 0.0231. The summed E-state index contributed by atoms with van der Waals surface area (Å²) in [6.45, 7) is 1.55. The van der Waals surface area contributed by atoms with Gasteiger partial charge in [-0.05, 0) is 0 Å². The molecule has 0 radical (unpaired) electrons. The van der Waals surface area contributed by atoms with Crippen LogP contribution in [0.4, 0.5) is 0 Å². The molecule has 1 fully saturated rings. The number of nitriles is 1. The van der Waals surface area contributed by atoms with E-state index in [4.69, 9.17) is 5.26 Å². The fourth-order valence-corrected chi connectivity index (χ4v) is 0.941. The Labute approximate surface area is 54.4 Å². The molecule has 9 heavy (non-hydrogen) atoms. The molecule has 1 heterocycles. The summed E-state index contributed by atoms with van der Waals surface area (Å²) in [5.74, 6) is 0.0231. The quantitative estimate of drug-likeness (QED) is 0.485. The van der Waals surface area contributed by atoms with E-state index in [-0.39, 0.29) is 5.92 Å². The zero-order valence-electron chi connectivity index (χ0n) is 5.39. The summed E-state index contributed by atoms with van der Waals surface area (Å²) >= 11 is 0. The van der Waals surface area contributed by atoms with Crippen molar-refractivity contribution in [1.29, 1.82) is 5.26 Å². The summed E-state index contributed by atoms with van der Waals surface area (Å²) in [6, 6.07) is 2.17. The van der Waals surface area contributed by atoms with Crippen LogP contribution in [0.5, 0.6) is 0 Å². The summed E-state index contributed by atoms with van der Waals surface area (Å²) in [6.07, 6.45) is 0. The Morgan fingerprint density at radius 2 is 2.67 bits per heavy atom. The molecule has 0 bridgehead atoms. The summed E-state index contributed by atoms with van der Waals surface area (Å²) in [5.41, 5.74) is 0.984. The van der Waals surface area contributed by atoms with Crippen molar-refractivity contribution in [3.63, 3.8) is 0 Å². The first kappa shape index (κ1) is 6.24. The maximum Gasteiger partial charge on any atom is 0.0978 e. The zero-order chi connectivity index (χ0) is 6.69. The molecule has 0 aromatic heterocycles. The van der Waals surface area contributed by atoms with E-state index < -0.39 is 0 Å². The van der Waals surface area contributed by atoms with Gasteiger partial charge in [0.15, 0.2) is 0 Å². The van der Waals surface area contributed by atoms with Gasteiger partial charge in [0, 0.05) is 25.8 Å². The van der Waals surface area contributed by atoms with Crippen molar-refractivity contribution in [3.8, 4) is 6.07 Å². The van der Waals surface area contributed by atoms with Gasteiger partial charge in [-0.15, -0.1) is 0 Å². The Kier molecular flexibility index (Phi) is 1.81. The third-order valence-electron chi connectivity index (χ3n) is 1.50. The Bertz CT molecular complexity index is 166. The first-order valence-electron chi connectivity index (χ1n) is 2.94. The van der Waals surface area contributed by atoms with Crippen LogP contribution in [-0.2, 0) is 0 Å². The molecule has 1 aliphatic heterocycles. The number of nitrogens with one attached hydrogen (secondary N) is 1. The first-order chi connectivity index (χ1) is 4.38. The van der Waals surface area contributed by atoms with Crippen LogP contribution in [0.25, 0.3) is 0 Å².